The van der Waals surface area contributed by atoms with Crippen LogP contribution in [0.5, 0.6) is 0 Å². The molecule has 0 saturated carbocycles. The number of carboxylic acids is 1. The Balaban J connectivity index is 1.64. The van der Waals surface area contributed by atoms with E-state index < -0.39 is 17.9 Å². The van der Waals surface area contributed by atoms with Crippen LogP contribution in [-0.2, 0) is 16.1 Å². The van der Waals surface area contributed by atoms with Gasteiger partial charge in [0.2, 0.25) is 0 Å². The van der Waals surface area contributed by atoms with Gasteiger partial charge in [-0.05, 0) is 37.1 Å². The molecule has 0 aliphatic carbocycles. The smallest absolute Gasteiger partial charge is 0.330 e. The maximum atomic E-state index is 12.5. The Morgan fingerprint density at radius 1 is 1.07 bits per heavy atom. The molecule has 1 heterocycles. The molecule has 3 rings (SSSR count). The highest BCUT2D eigenvalue weighted by atomic mass is 16.5. The van der Waals surface area contributed by atoms with E-state index >= 15 is 0 Å². The monoisotopic (exact) mass is 382 g/mol. The van der Waals surface area contributed by atoms with Crippen LogP contribution in [0.3, 0.4) is 0 Å². The number of hydrogen-bond acceptors (Lipinski definition) is 4. The molecule has 2 aromatic rings. The summed E-state index contributed by atoms with van der Waals surface area (Å²) in [4.78, 5) is 26.4. The fourth-order valence-electron chi connectivity index (χ4n) is 3.58. The Morgan fingerprint density at radius 3 is 2.25 bits per heavy atom. The molecular formula is C22H26N2O4. The zero-order valence-electron chi connectivity index (χ0n) is 16.2. The number of hydrogen-bond donors (Lipinski definition) is 2. The summed E-state index contributed by atoms with van der Waals surface area (Å²) in [5.74, 6) is -1.50. The van der Waals surface area contributed by atoms with Crippen molar-refractivity contribution in [3.05, 3.63) is 71.3 Å². The van der Waals surface area contributed by atoms with Gasteiger partial charge >= 0.3 is 5.97 Å². The molecule has 0 unspecified atom stereocenters. The van der Waals surface area contributed by atoms with Gasteiger partial charge in [-0.15, -0.1) is 0 Å². The first-order valence-corrected chi connectivity index (χ1v) is 9.47. The molecule has 1 amide bonds. The Hall–Kier alpha value is -2.70. The van der Waals surface area contributed by atoms with Crippen molar-refractivity contribution in [1.29, 1.82) is 0 Å². The molecule has 2 N–H and O–H groups in total. The molecule has 1 saturated heterocycles. The number of aliphatic carboxylic acids is 1. The van der Waals surface area contributed by atoms with Gasteiger partial charge in [0.1, 0.15) is 0 Å². The highest BCUT2D eigenvalue weighted by Crippen LogP contribution is 2.16. The number of nitrogens with one attached hydrogen (secondary N) is 1. The lowest BCUT2D eigenvalue weighted by Crippen LogP contribution is -2.44. The van der Waals surface area contributed by atoms with E-state index in [9.17, 15) is 14.7 Å². The van der Waals surface area contributed by atoms with Crippen molar-refractivity contribution >= 4 is 11.9 Å². The third kappa shape index (κ3) is 5.18. The van der Waals surface area contributed by atoms with Crippen LogP contribution in [0.4, 0.5) is 0 Å². The minimum Gasteiger partial charge on any atom is -0.479 e. The lowest BCUT2D eigenvalue weighted by molar-refractivity contribution is -0.139. The van der Waals surface area contributed by atoms with Crippen LogP contribution in [0.2, 0.25) is 0 Å². The van der Waals surface area contributed by atoms with Crippen molar-refractivity contribution in [1.82, 2.24) is 10.2 Å². The Morgan fingerprint density at radius 2 is 1.68 bits per heavy atom. The Bertz CT molecular complexity index is 797. The fourth-order valence-corrected chi connectivity index (χ4v) is 3.58. The van der Waals surface area contributed by atoms with Crippen LogP contribution in [-0.4, -0.2) is 47.2 Å². The van der Waals surface area contributed by atoms with Crippen molar-refractivity contribution < 1.29 is 19.4 Å². The van der Waals surface area contributed by atoms with Crippen LogP contribution in [0, 0.1) is 0 Å². The summed E-state index contributed by atoms with van der Waals surface area (Å²) in [7, 11) is 0. The van der Waals surface area contributed by atoms with Crippen molar-refractivity contribution in [2.45, 2.75) is 38.6 Å². The summed E-state index contributed by atoms with van der Waals surface area (Å²) in [6.45, 7) is 6.69. The lowest BCUT2D eigenvalue weighted by Gasteiger charge is -2.35. The second kappa shape index (κ2) is 8.99. The normalized spacial score (nSPS) is 21.1. The largest absolute Gasteiger partial charge is 0.479 e. The number of morpholine rings is 1. The number of carboxylic acid groups (broad SMARTS) is 1. The lowest BCUT2D eigenvalue weighted by atomic mass is 10.1. The number of carbonyl (C=O) groups is 2. The van der Waals surface area contributed by atoms with Gasteiger partial charge in [-0.1, -0.05) is 42.5 Å². The first-order chi connectivity index (χ1) is 13.4. The molecule has 28 heavy (non-hydrogen) atoms. The van der Waals surface area contributed by atoms with Gasteiger partial charge in [0.15, 0.2) is 6.04 Å². The maximum absolute atomic E-state index is 12.5. The summed E-state index contributed by atoms with van der Waals surface area (Å²) < 4.78 is 5.75. The summed E-state index contributed by atoms with van der Waals surface area (Å²) in [5.41, 5.74) is 2.08. The van der Waals surface area contributed by atoms with E-state index in [1.165, 1.54) is 0 Å². The molecule has 1 aliphatic heterocycles. The van der Waals surface area contributed by atoms with Crippen molar-refractivity contribution in [2.75, 3.05) is 13.1 Å². The quantitative estimate of drug-likeness (QED) is 0.803. The standard InChI is InChI=1S/C22H26N2O4/c1-15-12-24(13-16(2)28-15)14-17-8-10-19(11-9-17)21(25)23-20(22(26)27)18-6-4-3-5-7-18/h3-11,15-16,20H,12-14H2,1-2H3,(H,23,25)(H,26,27)/t15-,16-,20-/m0/s1. The van der Waals surface area contributed by atoms with Crippen molar-refractivity contribution in [2.24, 2.45) is 0 Å². The van der Waals surface area contributed by atoms with E-state index in [-0.39, 0.29) is 12.2 Å². The van der Waals surface area contributed by atoms with Crippen LogP contribution in [0.15, 0.2) is 54.6 Å². The molecular weight excluding hydrogens is 356 g/mol. The minimum atomic E-state index is -1.09. The predicted octanol–water partition coefficient (Wildman–Crippen LogP) is 2.85. The summed E-state index contributed by atoms with van der Waals surface area (Å²) in [6, 6.07) is 14.9. The third-order valence-electron chi connectivity index (χ3n) is 4.77. The molecule has 1 fully saturated rings. The van der Waals surface area contributed by atoms with Crippen molar-refractivity contribution in [3.8, 4) is 0 Å². The fraction of sp³-hybridized carbons (Fsp3) is 0.364. The van der Waals surface area contributed by atoms with E-state index in [4.69, 9.17) is 4.74 Å². The van der Waals surface area contributed by atoms with Crippen LogP contribution in [0.25, 0.3) is 0 Å². The average molecular weight is 382 g/mol. The van der Waals surface area contributed by atoms with Gasteiger partial charge in [-0.25, -0.2) is 4.79 Å². The van der Waals surface area contributed by atoms with Crippen LogP contribution < -0.4 is 5.32 Å². The molecule has 0 bridgehead atoms. The number of amides is 1. The maximum Gasteiger partial charge on any atom is 0.330 e. The molecule has 6 heteroatoms. The molecule has 1 aliphatic rings. The third-order valence-corrected chi connectivity index (χ3v) is 4.77. The topological polar surface area (TPSA) is 78.9 Å². The summed E-state index contributed by atoms with van der Waals surface area (Å²) >= 11 is 0. The van der Waals surface area contributed by atoms with Gasteiger partial charge in [0.05, 0.1) is 12.2 Å². The summed E-state index contributed by atoms with van der Waals surface area (Å²) in [6.07, 6.45) is 0.416. The summed E-state index contributed by atoms with van der Waals surface area (Å²) in [5, 5.41) is 12.1. The molecule has 0 radical (unpaired) electrons. The average Bonchev–Trinajstić information content (AvgIpc) is 2.66. The second-order valence-corrected chi connectivity index (χ2v) is 7.30. The van der Waals surface area contributed by atoms with Gasteiger partial charge in [-0.2, -0.15) is 0 Å². The SMILES string of the molecule is C[C@H]1CN(Cc2ccc(C(=O)N[C@H](C(=O)O)c3ccccc3)cc2)C[C@H](C)O1. The Kier molecular flexibility index (Phi) is 6.44. The molecule has 0 spiro atoms. The van der Waals surface area contributed by atoms with E-state index in [0.29, 0.717) is 11.1 Å². The number of ether oxygens (including phenoxy) is 1. The Labute approximate surface area is 165 Å². The van der Waals surface area contributed by atoms with E-state index in [1.807, 2.05) is 12.1 Å². The van der Waals surface area contributed by atoms with E-state index in [1.54, 1.807) is 42.5 Å². The number of nitrogens with zero attached hydrogens (tertiary/aromatic N) is 1. The van der Waals surface area contributed by atoms with Crippen molar-refractivity contribution in [3.63, 3.8) is 0 Å². The number of rotatable bonds is 6. The highest BCUT2D eigenvalue weighted by molar-refractivity contribution is 5.96. The predicted molar refractivity (Wildman–Crippen MR) is 106 cm³/mol. The molecule has 3 atom stereocenters. The molecule has 6 nitrogen and oxygen atoms in total. The number of benzene rings is 2. The highest BCUT2D eigenvalue weighted by Gasteiger charge is 2.23. The zero-order valence-corrected chi connectivity index (χ0v) is 16.2. The first-order valence-electron chi connectivity index (χ1n) is 9.47. The van der Waals surface area contributed by atoms with Gasteiger partial charge in [0, 0.05) is 25.2 Å². The van der Waals surface area contributed by atoms with Gasteiger partial charge in [0.25, 0.3) is 5.91 Å². The molecule has 0 aromatic heterocycles. The molecule has 148 valence electrons. The van der Waals surface area contributed by atoms with E-state index in [2.05, 4.69) is 24.1 Å². The minimum absolute atomic E-state index is 0.208. The van der Waals surface area contributed by atoms with Gasteiger partial charge < -0.3 is 15.2 Å². The van der Waals surface area contributed by atoms with Crippen LogP contribution in [0.1, 0.15) is 41.4 Å². The van der Waals surface area contributed by atoms with Crippen LogP contribution >= 0.6 is 0 Å². The van der Waals surface area contributed by atoms with Gasteiger partial charge in [-0.3, -0.25) is 9.69 Å². The molecule has 2 aromatic carbocycles. The zero-order chi connectivity index (χ0) is 20.1. The number of carbonyl (C=O) groups excluding carboxylic acids is 1. The first kappa shape index (κ1) is 20.0. The second-order valence-electron chi connectivity index (χ2n) is 7.30. The van der Waals surface area contributed by atoms with E-state index in [0.717, 1.165) is 25.2 Å².